The number of aryl methyl sites for hydroxylation is 2. The Kier molecular flexibility index (Phi) is 7.59. The van der Waals surface area contributed by atoms with Gasteiger partial charge in [-0.15, -0.1) is 0 Å². The van der Waals surface area contributed by atoms with Crippen LogP contribution in [0.15, 0.2) is 23.1 Å². The molecular weight excluding hydrogens is 464 g/mol. The molecule has 0 aliphatic carbocycles. The fourth-order valence-electron chi connectivity index (χ4n) is 3.82. The number of benzene rings is 1. The normalized spacial score (nSPS) is 15.6. The second-order valence-corrected chi connectivity index (χ2v) is 9.93. The lowest BCUT2D eigenvalue weighted by molar-refractivity contribution is 0.0316. The van der Waals surface area contributed by atoms with Gasteiger partial charge in [-0.2, -0.15) is 4.31 Å². The van der Waals surface area contributed by atoms with Gasteiger partial charge in [0, 0.05) is 18.8 Å². The number of nitrogens with zero attached hydrogens (tertiary/aromatic N) is 1. The molecule has 1 N–H and O–H groups in total. The monoisotopic (exact) mass is 492 g/mol. The van der Waals surface area contributed by atoms with E-state index in [4.69, 9.17) is 14.2 Å². The predicted molar refractivity (Wildman–Crippen MR) is 122 cm³/mol. The molecule has 2 aromatic rings. The molecule has 1 aromatic heterocycles. The van der Waals surface area contributed by atoms with E-state index in [1.807, 2.05) is 0 Å². The van der Waals surface area contributed by atoms with Crippen LogP contribution < -0.4 is 0 Å². The van der Waals surface area contributed by atoms with Crippen LogP contribution in [0.4, 0.5) is 0 Å². The number of ether oxygens (including phenoxy) is 3. The second kappa shape index (κ2) is 10.1. The van der Waals surface area contributed by atoms with E-state index in [1.165, 1.54) is 36.5 Å². The summed E-state index contributed by atoms with van der Waals surface area (Å²) in [7, 11) is -2.58. The molecule has 0 amide bonds. The van der Waals surface area contributed by atoms with Gasteiger partial charge in [-0.3, -0.25) is 4.79 Å². The van der Waals surface area contributed by atoms with Crippen LogP contribution in [-0.2, 0) is 24.2 Å². The van der Waals surface area contributed by atoms with Gasteiger partial charge in [-0.25, -0.2) is 18.0 Å². The summed E-state index contributed by atoms with van der Waals surface area (Å²) in [4.78, 5) is 40.5. The van der Waals surface area contributed by atoms with Crippen LogP contribution in [-0.4, -0.2) is 74.9 Å². The van der Waals surface area contributed by atoms with Gasteiger partial charge in [0.05, 0.1) is 42.0 Å². The van der Waals surface area contributed by atoms with E-state index in [-0.39, 0.29) is 34.8 Å². The molecule has 10 nitrogen and oxygen atoms in total. The molecule has 0 bridgehead atoms. The molecule has 11 heteroatoms. The standard InChI is InChI=1S/C23H28N2O8S/c1-13-6-7-17(12-18(13)34(29,30)25-8-10-32-11-9-25)22(27)33-16(4)21(26)20-14(2)19(15(3)24-20)23(28)31-5/h6-7,12,16,24H,8-11H2,1-5H3. The molecule has 0 radical (unpaired) electrons. The van der Waals surface area contributed by atoms with Gasteiger partial charge in [-0.1, -0.05) is 6.07 Å². The number of ketones is 1. The van der Waals surface area contributed by atoms with Crippen molar-refractivity contribution >= 4 is 27.7 Å². The molecule has 184 valence electrons. The van der Waals surface area contributed by atoms with E-state index in [0.717, 1.165) is 0 Å². The Balaban J connectivity index is 1.81. The molecule has 1 fully saturated rings. The van der Waals surface area contributed by atoms with Crippen LogP contribution >= 0.6 is 0 Å². The summed E-state index contributed by atoms with van der Waals surface area (Å²) < 4.78 is 42.8. The number of carbonyl (C=O) groups is 3. The fraction of sp³-hybridized carbons (Fsp3) is 0.435. The molecular formula is C23H28N2O8S. The van der Waals surface area contributed by atoms with Gasteiger partial charge in [0.1, 0.15) is 0 Å². The molecule has 0 spiro atoms. The van der Waals surface area contributed by atoms with E-state index < -0.39 is 33.8 Å². The van der Waals surface area contributed by atoms with Crippen molar-refractivity contribution in [3.63, 3.8) is 0 Å². The highest BCUT2D eigenvalue weighted by Crippen LogP contribution is 2.24. The molecule has 34 heavy (non-hydrogen) atoms. The first-order valence-corrected chi connectivity index (χ1v) is 12.1. The molecule has 2 heterocycles. The van der Waals surface area contributed by atoms with Gasteiger partial charge in [0.25, 0.3) is 0 Å². The summed E-state index contributed by atoms with van der Waals surface area (Å²) in [6.45, 7) is 7.34. The zero-order chi connectivity index (χ0) is 25.2. The van der Waals surface area contributed by atoms with E-state index in [9.17, 15) is 22.8 Å². The second-order valence-electron chi connectivity index (χ2n) is 8.03. The van der Waals surface area contributed by atoms with Crippen LogP contribution in [0.1, 0.15) is 54.9 Å². The third-order valence-corrected chi connectivity index (χ3v) is 7.78. The number of aromatic amines is 1. The smallest absolute Gasteiger partial charge is 0.339 e. The maximum absolute atomic E-state index is 13.1. The Bertz CT molecular complexity index is 1230. The summed E-state index contributed by atoms with van der Waals surface area (Å²) in [5.41, 5.74) is 1.74. The topological polar surface area (TPSA) is 132 Å². The van der Waals surface area contributed by atoms with Gasteiger partial charge >= 0.3 is 11.9 Å². The van der Waals surface area contributed by atoms with E-state index in [0.29, 0.717) is 30.0 Å². The number of H-pyrrole nitrogens is 1. The van der Waals surface area contributed by atoms with Crippen LogP contribution in [0.5, 0.6) is 0 Å². The molecule has 1 aromatic carbocycles. The number of esters is 2. The fourth-order valence-corrected chi connectivity index (χ4v) is 5.48. The van der Waals surface area contributed by atoms with Gasteiger partial charge < -0.3 is 19.2 Å². The molecule has 1 aliphatic heterocycles. The molecule has 1 unspecified atom stereocenters. The molecule has 1 atom stereocenters. The van der Waals surface area contributed by atoms with Crippen molar-refractivity contribution in [1.29, 1.82) is 0 Å². The Labute approximate surface area is 198 Å². The quantitative estimate of drug-likeness (QED) is 0.459. The van der Waals surface area contributed by atoms with Crippen LogP contribution in [0.25, 0.3) is 0 Å². The first-order valence-electron chi connectivity index (χ1n) is 10.7. The maximum atomic E-state index is 13.1. The number of sulfonamides is 1. The number of carbonyl (C=O) groups excluding carboxylic acids is 3. The summed E-state index contributed by atoms with van der Waals surface area (Å²) in [6.07, 6.45) is -1.18. The minimum absolute atomic E-state index is 0.00128. The highest BCUT2D eigenvalue weighted by atomic mass is 32.2. The van der Waals surface area contributed by atoms with Gasteiger partial charge in [0.15, 0.2) is 6.10 Å². The molecule has 1 aliphatic rings. The first-order chi connectivity index (χ1) is 16.0. The number of aromatic nitrogens is 1. The van der Waals surface area contributed by atoms with Crippen LogP contribution in [0, 0.1) is 20.8 Å². The van der Waals surface area contributed by atoms with Crippen LogP contribution in [0.2, 0.25) is 0 Å². The zero-order valence-corrected chi connectivity index (χ0v) is 20.6. The number of hydrogen-bond acceptors (Lipinski definition) is 8. The van der Waals surface area contributed by atoms with Gasteiger partial charge in [0.2, 0.25) is 15.8 Å². The summed E-state index contributed by atoms with van der Waals surface area (Å²) in [5.74, 6) is -1.95. The predicted octanol–water partition coefficient (Wildman–Crippen LogP) is 2.18. The minimum Gasteiger partial charge on any atom is -0.465 e. The summed E-state index contributed by atoms with van der Waals surface area (Å²) >= 11 is 0. The Hall–Kier alpha value is -3.02. The Morgan fingerprint density at radius 3 is 2.35 bits per heavy atom. The number of morpholine rings is 1. The van der Waals surface area contributed by atoms with E-state index in [2.05, 4.69) is 4.98 Å². The molecule has 0 saturated carbocycles. The van der Waals surface area contributed by atoms with Crippen molar-refractivity contribution in [2.75, 3.05) is 33.4 Å². The number of hydrogen-bond donors (Lipinski definition) is 1. The highest BCUT2D eigenvalue weighted by molar-refractivity contribution is 7.89. The van der Waals surface area contributed by atoms with Crippen molar-refractivity contribution in [2.24, 2.45) is 0 Å². The minimum atomic E-state index is -3.83. The SMILES string of the molecule is COC(=O)c1c(C)[nH]c(C(=O)C(C)OC(=O)c2ccc(C)c(S(=O)(=O)N3CCOCC3)c2)c1C. The average Bonchev–Trinajstić information content (AvgIpc) is 3.12. The van der Waals surface area contributed by atoms with Crippen molar-refractivity contribution < 1.29 is 37.0 Å². The summed E-state index contributed by atoms with van der Waals surface area (Å²) in [6, 6.07) is 4.24. The van der Waals surface area contributed by atoms with Crippen molar-refractivity contribution in [2.45, 2.75) is 38.7 Å². The van der Waals surface area contributed by atoms with Gasteiger partial charge in [-0.05, 0) is 51.0 Å². The maximum Gasteiger partial charge on any atom is 0.339 e. The first kappa shape index (κ1) is 25.6. The van der Waals surface area contributed by atoms with Crippen LogP contribution in [0.3, 0.4) is 0 Å². The number of rotatable bonds is 7. The number of methoxy groups -OCH3 is 1. The highest BCUT2D eigenvalue weighted by Gasteiger charge is 2.30. The number of nitrogens with one attached hydrogen (secondary N) is 1. The summed E-state index contributed by atoms with van der Waals surface area (Å²) in [5, 5.41) is 0. The lowest BCUT2D eigenvalue weighted by atomic mass is 10.1. The third kappa shape index (κ3) is 4.91. The molecule has 1 saturated heterocycles. The third-order valence-electron chi connectivity index (χ3n) is 5.74. The lowest BCUT2D eigenvalue weighted by Gasteiger charge is -2.26. The van der Waals surface area contributed by atoms with Crippen molar-refractivity contribution in [3.05, 3.63) is 51.8 Å². The zero-order valence-electron chi connectivity index (χ0n) is 19.8. The van der Waals surface area contributed by atoms with Crippen molar-refractivity contribution in [1.82, 2.24) is 9.29 Å². The largest absolute Gasteiger partial charge is 0.465 e. The van der Waals surface area contributed by atoms with E-state index in [1.54, 1.807) is 20.8 Å². The number of Topliss-reactive ketones (excluding diaryl/α,β-unsaturated/α-hetero) is 1. The lowest BCUT2D eigenvalue weighted by Crippen LogP contribution is -2.40. The Morgan fingerprint density at radius 2 is 1.74 bits per heavy atom. The van der Waals surface area contributed by atoms with E-state index >= 15 is 0 Å². The Morgan fingerprint density at radius 1 is 1.09 bits per heavy atom. The molecule has 3 rings (SSSR count). The van der Waals surface area contributed by atoms with Crippen molar-refractivity contribution in [3.8, 4) is 0 Å². The average molecular weight is 493 g/mol.